The van der Waals surface area contributed by atoms with Crippen LogP contribution in [0.15, 0.2) is 31.7 Å². The van der Waals surface area contributed by atoms with Crippen LogP contribution in [0.1, 0.15) is 5.56 Å². The summed E-state index contributed by atoms with van der Waals surface area (Å²) < 4.78 is 7.12. The largest absolute Gasteiger partial charge is 0.381 e. The molecule has 0 atom stereocenters. The summed E-state index contributed by atoms with van der Waals surface area (Å²) in [6, 6.07) is 5.87. The zero-order chi connectivity index (χ0) is 11.0. The van der Waals surface area contributed by atoms with Gasteiger partial charge in [-0.25, -0.2) is 0 Å². The van der Waals surface area contributed by atoms with Gasteiger partial charge in [0.15, 0.2) is 11.6 Å². The van der Waals surface area contributed by atoms with Crippen molar-refractivity contribution in [3.8, 4) is 11.3 Å². The van der Waals surface area contributed by atoms with Crippen molar-refractivity contribution in [2.45, 2.75) is 6.92 Å². The Balaban J connectivity index is 2.58. The first-order valence-corrected chi connectivity index (χ1v) is 5.84. The molecule has 5 heteroatoms. The number of nitrogens with two attached hydrogens (primary N) is 1. The van der Waals surface area contributed by atoms with Gasteiger partial charge in [0.05, 0.1) is 0 Å². The Labute approximate surface area is 104 Å². The number of anilines is 1. The summed E-state index contributed by atoms with van der Waals surface area (Å²) in [4.78, 5) is 0. The predicted molar refractivity (Wildman–Crippen MR) is 66.5 cm³/mol. The zero-order valence-electron chi connectivity index (χ0n) is 7.92. The smallest absolute Gasteiger partial charge is 0.172 e. The van der Waals surface area contributed by atoms with Crippen molar-refractivity contribution in [1.29, 1.82) is 0 Å². The summed E-state index contributed by atoms with van der Waals surface area (Å²) in [5.41, 5.74) is 7.43. The maximum absolute atomic E-state index is 5.63. The molecule has 2 aromatic rings. The predicted octanol–water partition coefficient (Wildman–Crippen LogP) is 3.76. The summed E-state index contributed by atoms with van der Waals surface area (Å²) in [7, 11) is 0. The molecule has 3 nitrogen and oxygen atoms in total. The molecule has 15 heavy (non-hydrogen) atoms. The Kier molecular flexibility index (Phi) is 2.84. The topological polar surface area (TPSA) is 52.0 Å². The third kappa shape index (κ3) is 2.08. The number of nitrogen functional groups attached to an aromatic ring is 1. The fraction of sp³-hybridized carbons (Fsp3) is 0.100. The molecule has 0 fully saturated rings. The number of rotatable bonds is 1. The first-order valence-electron chi connectivity index (χ1n) is 4.26. The highest BCUT2D eigenvalue weighted by Gasteiger charge is 2.12. The fourth-order valence-electron chi connectivity index (χ4n) is 1.30. The maximum atomic E-state index is 5.63. The highest BCUT2D eigenvalue weighted by Crippen LogP contribution is 2.31. The molecule has 1 heterocycles. The van der Waals surface area contributed by atoms with Gasteiger partial charge in [-0.3, -0.25) is 0 Å². The van der Waals surface area contributed by atoms with Crippen molar-refractivity contribution in [2.75, 3.05) is 5.73 Å². The Hall–Kier alpha value is -0.810. The minimum Gasteiger partial charge on any atom is -0.381 e. The number of halogens is 2. The lowest BCUT2D eigenvalue weighted by Gasteiger charge is -2.00. The molecule has 0 aliphatic carbocycles. The van der Waals surface area contributed by atoms with Gasteiger partial charge < -0.3 is 10.3 Å². The molecule has 2 N–H and O–H groups in total. The van der Waals surface area contributed by atoms with Crippen molar-refractivity contribution in [3.63, 3.8) is 0 Å². The summed E-state index contributed by atoms with van der Waals surface area (Å²) in [5, 5.41) is 3.72. The first-order chi connectivity index (χ1) is 7.08. The third-order valence-corrected chi connectivity index (χ3v) is 3.00. The third-order valence-electron chi connectivity index (χ3n) is 2.08. The van der Waals surface area contributed by atoms with Crippen LogP contribution in [-0.2, 0) is 0 Å². The lowest BCUT2D eigenvalue weighted by molar-refractivity contribution is 0.435. The van der Waals surface area contributed by atoms with Gasteiger partial charge >= 0.3 is 0 Å². The van der Waals surface area contributed by atoms with Gasteiger partial charge in [0.1, 0.15) is 0 Å². The summed E-state index contributed by atoms with van der Waals surface area (Å²) in [6.07, 6.45) is 0. The number of aromatic nitrogens is 1. The fourth-order valence-corrected chi connectivity index (χ4v) is 2.60. The molecule has 1 aromatic carbocycles. The van der Waals surface area contributed by atoms with Crippen molar-refractivity contribution < 1.29 is 4.52 Å². The van der Waals surface area contributed by atoms with Crippen molar-refractivity contribution in [3.05, 3.63) is 32.7 Å². The Morgan fingerprint density at radius 2 is 1.80 bits per heavy atom. The van der Waals surface area contributed by atoms with Crippen LogP contribution in [0.3, 0.4) is 0 Å². The van der Waals surface area contributed by atoms with E-state index in [1.807, 2.05) is 25.1 Å². The average Bonchev–Trinajstić information content (AvgIpc) is 2.46. The van der Waals surface area contributed by atoms with Gasteiger partial charge in [-0.05, 0) is 25.1 Å². The molecule has 0 bridgehead atoms. The highest BCUT2D eigenvalue weighted by atomic mass is 79.9. The standard InChI is InChI=1S/C10H8Br2N2O/c1-5-9(15-14-10(5)13)6-2-7(11)4-8(12)3-6/h2-4H,1H3,(H2,13,14). The van der Waals surface area contributed by atoms with Crippen LogP contribution in [-0.4, -0.2) is 5.16 Å². The van der Waals surface area contributed by atoms with E-state index in [1.54, 1.807) is 0 Å². The average molecular weight is 332 g/mol. The van der Waals surface area contributed by atoms with Crippen LogP contribution in [0.5, 0.6) is 0 Å². The van der Waals surface area contributed by atoms with Crippen LogP contribution in [0.2, 0.25) is 0 Å². The molecule has 2 rings (SSSR count). The molecule has 0 unspecified atom stereocenters. The Morgan fingerprint density at radius 3 is 2.27 bits per heavy atom. The van der Waals surface area contributed by atoms with E-state index in [2.05, 4.69) is 37.0 Å². The Morgan fingerprint density at radius 1 is 1.20 bits per heavy atom. The van der Waals surface area contributed by atoms with Gasteiger partial charge in [-0.1, -0.05) is 37.0 Å². The van der Waals surface area contributed by atoms with Gasteiger partial charge in [-0.2, -0.15) is 0 Å². The minimum absolute atomic E-state index is 0.432. The van der Waals surface area contributed by atoms with Crippen LogP contribution >= 0.6 is 31.9 Å². The van der Waals surface area contributed by atoms with Crippen molar-refractivity contribution in [1.82, 2.24) is 5.16 Å². The lowest BCUT2D eigenvalue weighted by atomic mass is 10.1. The molecule has 0 saturated heterocycles. The molecule has 0 aliphatic heterocycles. The van der Waals surface area contributed by atoms with Crippen LogP contribution < -0.4 is 5.73 Å². The molecular weight excluding hydrogens is 324 g/mol. The minimum atomic E-state index is 0.432. The van der Waals surface area contributed by atoms with Crippen LogP contribution in [0.4, 0.5) is 5.82 Å². The summed E-state index contributed by atoms with van der Waals surface area (Å²) in [5.74, 6) is 1.13. The van der Waals surface area contributed by atoms with Gasteiger partial charge in [0.25, 0.3) is 0 Å². The number of nitrogens with zero attached hydrogens (tertiary/aromatic N) is 1. The quantitative estimate of drug-likeness (QED) is 0.865. The molecule has 0 radical (unpaired) electrons. The number of hydrogen-bond donors (Lipinski definition) is 1. The molecular formula is C10H8Br2N2O. The van der Waals surface area contributed by atoms with Crippen molar-refractivity contribution in [2.24, 2.45) is 0 Å². The lowest BCUT2D eigenvalue weighted by Crippen LogP contribution is -1.86. The molecule has 78 valence electrons. The summed E-state index contributed by atoms with van der Waals surface area (Å²) >= 11 is 6.84. The SMILES string of the molecule is Cc1c(N)noc1-c1cc(Br)cc(Br)c1. The van der Waals surface area contributed by atoms with Crippen molar-refractivity contribution >= 4 is 37.7 Å². The highest BCUT2D eigenvalue weighted by molar-refractivity contribution is 9.11. The molecule has 1 aromatic heterocycles. The van der Waals surface area contributed by atoms with E-state index in [4.69, 9.17) is 10.3 Å². The van der Waals surface area contributed by atoms with Gasteiger partial charge in [-0.15, -0.1) is 0 Å². The van der Waals surface area contributed by atoms with E-state index in [1.165, 1.54) is 0 Å². The second kappa shape index (κ2) is 3.98. The van der Waals surface area contributed by atoms with E-state index in [-0.39, 0.29) is 0 Å². The van der Waals surface area contributed by atoms with E-state index in [0.29, 0.717) is 11.6 Å². The summed E-state index contributed by atoms with van der Waals surface area (Å²) in [6.45, 7) is 1.88. The van der Waals surface area contributed by atoms with E-state index in [9.17, 15) is 0 Å². The van der Waals surface area contributed by atoms with E-state index in [0.717, 1.165) is 20.1 Å². The first kappa shape index (κ1) is 10.7. The number of benzene rings is 1. The normalized spacial score (nSPS) is 10.6. The molecule has 0 spiro atoms. The number of hydrogen-bond acceptors (Lipinski definition) is 3. The van der Waals surface area contributed by atoms with E-state index >= 15 is 0 Å². The van der Waals surface area contributed by atoms with Crippen LogP contribution in [0.25, 0.3) is 11.3 Å². The van der Waals surface area contributed by atoms with Gasteiger partial charge in [0.2, 0.25) is 0 Å². The second-order valence-corrected chi connectivity index (χ2v) is 5.01. The monoisotopic (exact) mass is 330 g/mol. The Bertz CT molecular complexity index is 488. The molecule has 0 saturated carbocycles. The maximum Gasteiger partial charge on any atom is 0.172 e. The van der Waals surface area contributed by atoms with Crippen LogP contribution in [0, 0.1) is 6.92 Å². The zero-order valence-corrected chi connectivity index (χ0v) is 11.1. The molecule has 0 amide bonds. The second-order valence-electron chi connectivity index (χ2n) is 3.18. The van der Waals surface area contributed by atoms with Gasteiger partial charge in [0, 0.05) is 20.1 Å². The van der Waals surface area contributed by atoms with E-state index < -0.39 is 0 Å². The molecule has 0 aliphatic rings.